The normalized spacial score (nSPS) is 15.0. The predicted molar refractivity (Wildman–Crippen MR) is 85.2 cm³/mol. The van der Waals surface area contributed by atoms with E-state index >= 15 is 0 Å². The van der Waals surface area contributed by atoms with Crippen LogP contribution in [0.2, 0.25) is 0 Å². The molecule has 0 bridgehead atoms. The molecule has 1 aromatic carbocycles. The van der Waals surface area contributed by atoms with Crippen molar-refractivity contribution in [2.75, 3.05) is 6.54 Å². The summed E-state index contributed by atoms with van der Waals surface area (Å²) in [5.74, 6) is 0. The van der Waals surface area contributed by atoms with Gasteiger partial charge in [-0.2, -0.15) is 16.4 Å². The van der Waals surface area contributed by atoms with Gasteiger partial charge in [-0.05, 0) is 47.5 Å². The smallest absolute Gasteiger partial charge is 0.240 e. The van der Waals surface area contributed by atoms with E-state index in [9.17, 15) is 13.5 Å². The van der Waals surface area contributed by atoms with Crippen molar-refractivity contribution in [3.05, 3.63) is 46.8 Å². The van der Waals surface area contributed by atoms with Crippen LogP contribution in [0.15, 0.2) is 46.1 Å². The minimum absolute atomic E-state index is 0.104. The highest BCUT2D eigenvalue weighted by atomic mass is 32.2. The van der Waals surface area contributed by atoms with E-state index in [4.69, 9.17) is 0 Å². The first kappa shape index (κ1) is 15.2. The Morgan fingerprint density at radius 1 is 1.41 bits per heavy atom. The van der Waals surface area contributed by atoms with E-state index in [-0.39, 0.29) is 11.4 Å². The lowest BCUT2D eigenvalue weighted by atomic mass is 10.0. The fourth-order valence-electron chi connectivity index (χ4n) is 2.08. The lowest BCUT2D eigenvalue weighted by Crippen LogP contribution is -2.38. The van der Waals surface area contributed by atoms with Crippen molar-refractivity contribution in [3.63, 3.8) is 0 Å². The van der Waals surface area contributed by atoms with Gasteiger partial charge in [-0.1, -0.05) is 0 Å². The van der Waals surface area contributed by atoms with Crippen molar-refractivity contribution in [2.45, 2.75) is 17.4 Å². The second-order valence-electron chi connectivity index (χ2n) is 5.23. The van der Waals surface area contributed by atoms with Gasteiger partial charge in [0, 0.05) is 11.9 Å². The average Bonchev–Trinajstić information content (AvgIpc) is 3.15. The molecule has 0 spiro atoms. The zero-order valence-electron chi connectivity index (χ0n) is 11.8. The SMILES string of the molecule is C[C@](O)(CNS(=O)(=O)c1ccc2cn[nH]c2c1)c1ccsc1. The third-order valence-electron chi connectivity index (χ3n) is 3.47. The molecule has 0 aliphatic carbocycles. The largest absolute Gasteiger partial charge is 0.384 e. The summed E-state index contributed by atoms with van der Waals surface area (Å²) in [6, 6.07) is 6.49. The molecule has 0 radical (unpaired) electrons. The first-order valence-corrected chi connectivity index (χ1v) is 8.99. The molecular weight excluding hydrogens is 322 g/mol. The van der Waals surface area contributed by atoms with Crippen LogP contribution in [0, 0.1) is 0 Å². The van der Waals surface area contributed by atoms with Gasteiger partial charge in [0.1, 0.15) is 5.60 Å². The Hall–Kier alpha value is -1.74. The van der Waals surface area contributed by atoms with Gasteiger partial charge in [-0.15, -0.1) is 0 Å². The molecule has 0 unspecified atom stereocenters. The topological polar surface area (TPSA) is 95.1 Å². The molecule has 116 valence electrons. The maximum absolute atomic E-state index is 12.4. The van der Waals surface area contributed by atoms with Crippen LogP contribution < -0.4 is 4.72 Å². The molecule has 0 fully saturated rings. The summed E-state index contributed by atoms with van der Waals surface area (Å²) < 4.78 is 27.2. The maximum atomic E-state index is 12.4. The number of sulfonamides is 1. The van der Waals surface area contributed by atoms with E-state index in [0.717, 1.165) is 5.39 Å². The number of H-pyrrole nitrogens is 1. The van der Waals surface area contributed by atoms with Gasteiger partial charge in [0.05, 0.1) is 16.6 Å². The Morgan fingerprint density at radius 3 is 2.95 bits per heavy atom. The molecule has 22 heavy (non-hydrogen) atoms. The minimum atomic E-state index is -3.71. The number of nitrogens with zero attached hydrogens (tertiary/aromatic N) is 1. The van der Waals surface area contributed by atoms with Crippen molar-refractivity contribution in [3.8, 4) is 0 Å². The molecule has 0 aliphatic rings. The molecule has 0 amide bonds. The predicted octanol–water partition coefficient (Wildman–Crippen LogP) is 1.81. The summed E-state index contributed by atoms with van der Waals surface area (Å²) in [6.07, 6.45) is 1.63. The molecule has 3 N–H and O–H groups in total. The quantitative estimate of drug-likeness (QED) is 0.662. The number of aliphatic hydroxyl groups is 1. The summed E-state index contributed by atoms with van der Waals surface area (Å²) >= 11 is 1.45. The fraction of sp³-hybridized carbons (Fsp3) is 0.214. The molecule has 0 saturated heterocycles. The number of hydrogen-bond donors (Lipinski definition) is 3. The highest BCUT2D eigenvalue weighted by molar-refractivity contribution is 7.89. The first-order valence-electron chi connectivity index (χ1n) is 6.56. The third kappa shape index (κ3) is 2.91. The molecule has 1 atom stereocenters. The Labute approximate surface area is 131 Å². The Morgan fingerprint density at radius 2 is 2.23 bits per heavy atom. The molecule has 2 heterocycles. The summed E-state index contributed by atoms with van der Waals surface area (Å²) in [5.41, 5.74) is 0.0715. The van der Waals surface area contributed by atoms with Crippen LogP contribution in [-0.4, -0.2) is 30.3 Å². The molecule has 2 aromatic heterocycles. The van der Waals surface area contributed by atoms with Crippen LogP contribution in [0.5, 0.6) is 0 Å². The van der Waals surface area contributed by atoms with Crippen LogP contribution >= 0.6 is 11.3 Å². The molecule has 0 aliphatic heterocycles. The van der Waals surface area contributed by atoms with Crippen LogP contribution in [0.1, 0.15) is 12.5 Å². The summed E-state index contributed by atoms with van der Waals surface area (Å²) in [5, 5.41) is 21.5. The standard InChI is InChI=1S/C14H15N3O3S2/c1-14(18,11-4-5-21-8-11)9-16-22(19,20)12-3-2-10-7-15-17-13(10)6-12/h2-8,16,18H,9H2,1H3,(H,15,17)/t14-/m0/s1. The number of aromatic amines is 1. The lowest BCUT2D eigenvalue weighted by molar-refractivity contribution is 0.0632. The summed E-state index contributed by atoms with van der Waals surface area (Å²) in [4.78, 5) is 0.130. The van der Waals surface area contributed by atoms with E-state index < -0.39 is 15.6 Å². The van der Waals surface area contributed by atoms with E-state index in [1.165, 1.54) is 23.5 Å². The molecule has 6 nitrogen and oxygen atoms in total. The fourth-order valence-corrected chi connectivity index (χ4v) is 4.02. The second kappa shape index (κ2) is 5.47. The van der Waals surface area contributed by atoms with Gasteiger partial charge < -0.3 is 5.11 Å². The average molecular weight is 337 g/mol. The first-order chi connectivity index (χ1) is 10.4. The van der Waals surface area contributed by atoms with Crippen LogP contribution in [0.3, 0.4) is 0 Å². The van der Waals surface area contributed by atoms with E-state index in [1.54, 1.807) is 30.6 Å². The highest BCUT2D eigenvalue weighted by Gasteiger charge is 2.26. The van der Waals surface area contributed by atoms with Gasteiger partial charge in [0.2, 0.25) is 10.0 Å². The molecule has 3 aromatic rings. The van der Waals surface area contributed by atoms with Crippen LogP contribution in [0.25, 0.3) is 10.9 Å². The molecule has 0 saturated carbocycles. The second-order valence-corrected chi connectivity index (χ2v) is 7.78. The molecule has 8 heteroatoms. The third-order valence-corrected chi connectivity index (χ3v) is 5.56. The Kier molecular flexibility index (Phi) is 3.77. The highest BCUT2D eigenvalue weighted by Crippen LogP contribution is 2.23. The summed E-state index contributed by atoms with van der Waals surface area (Å²) in [7, 11) is -3.71. The summed E-state index contributed by atoms with van der Waals surface area (Å²) in [6.45, 7) is 1.47. The van der Waals surface area contributed by atoms with E-state index in [2.05, 4.69) is 14.9 Å². The number of nitrogens with one attached hydrogen (secondary N) is 2. The van der Waals surface area contributed by atoms with Crippen molar-refractivity contribution in [1.29, 1.82) is 0 Å². The van der Waals surface area contributed by atoms with Crippen LogP contribution in [-0.2, 0) is 15.6 Å². The number of rotatable bonds is 5. The van der Waals surface area contributed by atoms with Crippen molar-refractivity contribution in [1.82, 2.24) is 14.9 Å². The van der Waals surface area contributed by atoms with Crippen molar-refractivity contribution < 1.29 is 13.5 Å². The van der Waals surface area contributed by atoms with Crippen molar-refractivity contribution >= 4 is 32.3 Å². The maximum Gasteiger partial charge on any atom is 0.240 e. The lowest BCUT2D eigenvalue weighted by Gasteiger charge is -2.22. The van der Waals surface area contributed by atoms with E-state index in [0.29, 0.717) is 11.1 Å². The van der Waals surface area contributed by atoms with E-state index in [1.807, 2.05) is 5.38 Å². The van der Waals surface area contributed by atoms with Gasteiger partial charge in [-0.25, -0.2) is 13.1 Å². The zero-order valence-corrected chi connectivity index (χ0v) is 13.4. The van der Waals surface area contributed by atoms with Gasteiger partial charge in [0.15, 0.2) is 0 Å². The van der Waals surface area contributed by atoms with Gasteiger partial charge in [-0.3, -0.25) is 5.10 Å². The number of fused-ring (bicyclic) bond motifs is 1. The number of aromatic nitrogens is 2. The van der Waals surface area contributed by atoms with Crippen LogP contribution in [0.4, 0.5) is 0 Å². The number of hydrogen-bond acceptors (Lipinski definition) is 5. The Balaban J connectivity index is 1.81. The monoisotopic (exact) mass is 337 g/mol. The van der Waals surface area contributed by atoms with Crippen molar-refractivity contribution in [2.24, 2.45) is 0 Å². The number of benzene rings is 1. The minimum Gasteiger partial charge on any atom is -0.384 e. The molecular formula is C14H15N3O3S2. The number of thiophene rings is 1. The zero-order chi connectivity index (χ0) is 15.8. The van der Waals surface area contributed by atoms with Gasteiger partial charge >= 0.3 is 0 Å². The van der Waals surface area contributed by atoms with Gasteiger partial charge in [0.25, 0.3) is 0 Å². The molecule has 3 rings (SSSR count). The Bertz CT molecular complexity index is 883.